The minimum atomic E-state index is 0.259. The zero-order chi connectivity index (χ0) is 14.8. The molecule has 0 radical (unpaired) electrons. The zero-order valence-electron chi connectivity index (χ0n) is 12.8. The molecule has 3 nitrogen and oxygen atoms in total. The molecule has 1 aromatic rings. The first-order valence-corrected chi connectivity index (χ1v) is 7.78. The van der Waals surface area contributed by atoms with Crippen LogP contribution >= 0.6 is 11.6 Å². The smallest absolute Gasteiger partial charge is 0.0459 e. The lowest BCUT2D eigenvalue weighted by atomic mass is 10.0. The molecule has 1 aliphatic rings. The van der Waals surface area contributed by atoms with Crippen molar-refractivity contribution in [2.45, 2.75) is 32.7 Å². The van der Waals surface area contributed by atoms with E-state index in [9.17, 15) is 0 Å². The predicted octanol–water partition coefficient (Wildman–Crippen LogP) is 2.76. The topological polar surface area (TPSA) is 32.5 Å². The number of rotatable bonds is 3. The van der Waals surface area contributed by atoms with Crippen LogP contribution in [0, 0.1) is 0 Å². The number of nitrogens with zero attached hydrogens (tertiary/aromatic N) is 2. The third-order valence-corrected chi connectivity index (χ3v) is 4.40. The number of piperazine rings is 1. The van der Waals surface area contributed by atoms with E-state index in [0.717, 1.165) is 43.2 Å². The van der Waals surface area contributed by atoms with E-state index in [1.54, 1.807) is 0 Å². The van der Waals surface area contributed by atoms with Gasteiger partial charge in [-0.3, -0.25) is 4.90 Å². The van der Waals surface area contributed by atoms with Gasteiger partial charge in [-0.05, 0) is 51.4 Å². The van der Waals surface area contributed by atoms with Crippen molar-refractivity contribution >= 4 is 17.3 Å². The quantitative estimate of drug-likeness (QED) is 0.931. The second kappa shape index (κ2) is 6.33. The van der Waals surface area contributed by atoms with E-state index in [4.69, 9.17) is 17.3 Å². The highest BCUT2D eigenvalue weighted by Gasteiger charge is 2.25. The fourth-order valence-electron chi connectivity index (χ4n) is 2.73. The van der Waals surface area contributed by atoms with E-state index in [1.165, 1.54) is 5.69 Å². The summed E-state index contributed by atoms with van der Waals surface area (Å²) < 4.78 is 0. The number of anilines is 1. The van der Waals surface area contributed by atoms with Gasteiger partial charge in [-0.1, -0.05) is 17.7 Å². The Kier molecular flexibility index (Phi) is 4.95. The second-order valence-corrected chi connectivity index (χ2v) is 6.87. The van der Waals surface area contributed by atoms with Gasteiger partial charge in [0.2, 0.25) is 0 Å². The van der Waals surface area contributed by atoms with Gasteiger partial charge in [-0.25, -0.2) is 0 Å². The Bertz CT molecular complexity index is 446. The van der Waals surface area contributed by atoms with Crippen LogP contribution in [0.25, 0.3) is 0 Å². The van der Waals surface area contributed by atoms with Crippen molar-refractivity contribution < 1.29 is 0 Å². The van der Waals surface area contributed by atoms with Crippen molar-refractivity contribution in [2.75, 3.05) is 37.6 Å². The lowest BCUT2D eigenvalue weighted by Gasteiger charge is -2.43. The number of benzene rings is 1. The Morgan fingerprint density at radius 3 is 2.30 bits per heavy atom. The van der Waals surface area contributed by atoms with Crippen LogP contribution in [0.4, 0.5) is 5.69 Å². The highest BCUT2D eigenvalue weighted by atomic mass is 35.5. The first-order valence-electron chi connectivity index (χ1n) is 7.40. The summed E-state index contributed by atoms with van der Waals surface area (Å²) in [5.74, 6) is 0. The van der Waals surface area contributed by atoms with E-state index in [1.807, 2.05) is 0 Å². The molecule has 1 heterocycles. The Hall–Kier alpha value is -0.770. The minimum Gasteiger partial charge on any atom is -0.369 e. The Labute approximate surface area is 127 Å². The second-order valence-electron chi connectivity index (χ2n) is 6.46. The van der Waals surface area contributed by atoms with Crippen molar-refractivity contribution in [1.82, 2.24) is 4.90 Å². The monoisotopic (exact) mass is 295 g/mol. The number of hydrogen-bond acceptors (Lipinski definition) is 3. The van der Waals surface area contributed by atoms with Gasteiger partial charge in [0.15, 0.2) is 0 Å². The fourth-order valence-corrected chi connectivity index (χ4v) is 3.00. The van der Waals surface area contributed by atoms with Gasteiger partial charge in [0.1, 0.15) is 0 Å². The summed E-state index contributed by atoms with van der Waals surface area (Å²) in [4.78, 5) is 4.95. The molecule has 0 unspecified atom stereocenters. The number of hydrogen-bond donors (Lipinski definition) is 1. The van der Waals surface area contributed by atoms with Crippen LogP contribution < -0.4 is 10.6 Å². The third kappa shape index (κ3) is 3.66. The molecule has 0 saturated carbocycles. The van der Waals surface area contributed by atoms with Gasteiger partial charge in [0.05, 0.1) is 0 Å². The molecular weight excluding hydrogens is 270 g/mol. The molecule has 4 heteroatoms. The first kappa shape index (κ1) is 15.6. The summed E-state index contributed by atoms with van der Waals surface area (Å²) >= 11 is 6.34. The fraction of sp³-hybridized carbons (Fsp3) is 0.625. The van der Waals surface area contributed by atoms with Crippen LogP contribution in [0.1, 0.15) is 26.3 Å². The Balaban J connectivity index is 2.02. The Morgan fingerprint density at radius 2 is 1.80 bits per heavy atom. The molecule has 0 aromatic heterocycles. The first-order chi connectivity index (χ1) is 9.41. The van der Waals surface area contributed by atoms with Gasteiger partial charge in [0.25, 0.3) is 0 Å². The molecule has 0 atom stereocenters. The van der Waals surface area contributed by atoms with Crippen LogP contribution in [0.3, 0.4) is 0 Å². The molecule has 1 aliphatic heterocycles. The summed E-state index contributed by atoms with van der Waals surface area (Å²) in [5, 5.41) is 0.839. The maximum Gasteiger partial charge on any atom is 0.0459 e. The largest absolute Gasteiger partial charge is 0.369 e. The summed E-state index contributed by atoms with van der Waals surface area (Å²) in [6, 6.07) is 6.36. The average Bonchev–Trinajstić information content (AvgIpc) is 2.40. The van der Waals surface area contributed by atoms with Crippen molar-refractivity contribution in [3.8, 4) is 0 Å². The normalized spacial score (nSPS) is 17.6. The standard InChI is InChI=1S/C16H26ClN3/c1-16(2,3)20-10-8-19(9-11-20)14-5-4-13(6-7-18)15(17)12-14/h4-5,12H,6-11,18H2,1-3H3. The van der Waals surface area contributed by atoms with Crippen LogP contribution in [0.5, 0.6) is 0 Å². The van der Waals surface area contributed by atoms with Gasteiger partial charge in [0, 0.05) is 42.4 Å². The SMILES string of the molecule is CC(C)(C)N1CCN(c2ccc(CCN)c(Cl)c2)CC1. The lowest BCUT2D eigenvalue weighted by Crippen LogP contribution is -2.53. The van der Waals surface area contributed by atoms with Crippen LogP contribution in [-0.2, 0) is 6.42 Å². The summed E-state index contributed by atoms with van der Waals surface area (Å²) in [6.07, 6.45) is 0.844. The molecule has 112 valence electrons. The van der Waals surface area contributed by atoms with Crippen LogP contribution in [-0.4, -0.2) is 43.2 Å². The average molecular weight is 296 g/mol. The van der Waals surface area contributed by atoms with E-state index >= 15 is 0 Å². The molecular formula is C16H26ClN3. The molecule has 0 amide bonds. The van der Waals surface area contributed by atoms with Gasteiger partial charge in [-0.15, -0.1) is 0 Å². The van der Waals surface area contributed by atoms with Crippen LogP contribution in [0.15, 0.2) is 18.2 Å². The van der Waals surface area contributed by atoms with Gasteiger partial charge < -0.3 is 10.6 Å². The number of nitrogens with two attached hydrogens (primary N) is 1. The molecule has 1 saturated heterocycles. The maximum absolute atomic E-state index is 6.34. The highest BCUT2D eigenvalue weighted by Crippen LogP contribution is 2.26. The molecule has 20 heavy (non-hydrogen) atoms. The van der Waals surface area contributed by atoms with Crippen molar-refractivity contribution in [3.05, 3.63) is 28.8 Å². The van der Waals surface area contributed by atoms with Crippen molar-refractivity contribution in [2.24, 2.45) is 5.73 Å². The van der Waals surface area contributed by atoms with Gasteiger partial charge in [-0.2, -0.15) is 0 Å². The summed E-state index contributed by atoms with van der Waals surface area (Å²) in [5.41, 5.74) is 8.22. The lowest BCUT2D eigenvalue weighted by molar-refractivity contribution is 0.128. The van der Waals surface area contributed by atoms with E-state index in [0.29, 0.717) is 6.54 Å². The Morgan fingerprint density at radius 1 is 1.15 bits per heavy atom. The molecule has 0 bridgehead atoms. The van der Waals surface area contributed by atoms with Crippen molar-refractivity contribution in [1.29, 1.82) is 0 Å². The van der Waals surface area contributed by atoms with Crippen LogP contribution in [0.2, 0.25) is 5.02 Å². The highest BCUT2D eigenvalue weighted by molar-refractivity contribution is 6.31. The molecule has 2 N–H and O–H groups in total. The minimum absolute atomic E-state index is 0.259. The molecule has 1 fully saturated rings. The van der Waals surface area contributed by atoms with E-state index < -0.39 is 0 Å². The molecule has 0 spiro atoms. The maximum atomic E-state index is 6.34. The third-order valence-electron chi connectivity index (χ3n) is 4.04. The van der Waals surface area contributed by atoms with Crippen molar-refractivity contribution in [3.63, 3.8) is 0 Å². The molecule has 0 aliphatic carbocycles. The molecule has 1 aromatic carbocycles. The molecule has 2 rings (SSSR count). The predicted molar refractivity (Wildman–Crippen MR) is 87.7 cm³/mol. The summed E-state index contributed by atoms with van der Waals surface area (Å²) in [7, 11) is 0. The number of halogens is 1. The zero-order valence-corrected chi connectivity index (χ0v) is 13.6. The van der Waals surface area contributed by atoms with Gasteiger partial charge >= 0.3 is 0 Å². The van der Waals surface area contributed by atoms with E-state index in [2.05, 4.69) is 48.8 Å². The van der Waals surface area contributed by atoms with E-state index in [-0.39, 0.29) is 5.54 Å². The summed E-state index contributed by atoms with van der Waals surface area (Å²) in [6.45, 7) is 11.8.